The average Bonchev–Trinajstić information content (AvgIpc) is 3.08. The molecule has 0 atom stereocenters. The number of nitrogens with zero attached hydrogens (tertiary/aromatic N) is 4. The number of hydrogen-bond donors (Lipinski definition) is 0. The summed E-state index contributed by atoms with van der Waals surface area (Å²) in [6, 6.07) is 15.6. The summed E-state index contributed by atoms with van der Waals surface area (Å²) in [6.45, 7) is 0.429. The van der Waals surface area contributed by atoms with Crippen LogP contribution < -0.4 is 5.56 Å². The van der Waals surface area contributed by atoms with Gasteiger partial charge in [0.15, 0.2) is 0 Å². The summed E-state index contributed by atoms with van der Waals surface area (Å²) in [6.07, 6.45) is 5.57. The van der Waals surface area contributed by atoms with E-state index in [1.807, 2.05) is 65.1 Å². The minimum atomic E-state index is -0.0792. The van der Waals surface area contributed by atoms with Gasteiger partial charge in [-0.1, -0.05) is 58.4 Å². The van der Waals surface area contributed by atoms with Crippen LogP contribution in [0.2, 0.25) is 0 Å². The zero-order valence-corrected chi connectivity index (χ0v) is 14.2. The van der Waals surface area contributed by atoms with Gasteiger partial charge in [-0.25, -0.2) is 0 Å². The van der Waals surface area contributed by atoms with Crippen molar-refractivity contribution in [1.29, 1.82) is 0 Å². The second kappa shape index (κ2) is 6.05. The van der Waals surface area contributed by atoms with Crippen molar-refractivity contribution in [3.05, 3.63) is 81.3 Å². The van der Waals surface area contributed by atoms with Crippen molar-refractivity contribution in [3.63, 3.8) is 0 Å². The first-order valence-electron chi connectivity index (χ1n) is 7.47. The molecule has 0 aliphatic carbocycles. The van der Waals surface area contributed by atoms with Crippen LogP contribution in [-0.4, -0.2) is 19.2 Å². The molecule has 0 fully saturated rings. The number of halogens is 1. The fourth-order valence-corrected chi connectivity index (χ4v) is 3.09. The fourth-order valence-electron chi connectivity index (χ4n) is 2.73. The van der Waals surface area contributed by atoms with Crippen LogP contribution in [0.4, 0.5) is 0 Å². The molecule has 2 heterocycles. The SMILES string of the molecule is O=c1c2cc(Br)ccc2n2cnnc2n1CC=Cc1ccccc1. The molecule has 0 amide bonds. The Morgan fingerprint density at radius 3 is 2.79 bits per heavy atom. The number of allylic oxidation sites excluding steroid dienone is 1. The highest BCUT2D eigenvalue weighted by molar-refractivity contribution is 9.10. The predicted octanol–water partition coefficient (Wildman–Crippen LogP) is 3.52. The Kier molecular flexibility index (Phi) is 3.74. The Morgan fingerprint density at radius 1 is 1.12 bits per heavy atom. The Bertz CT molecular complexity index is 1110. The van der Waals surface area contributed by atoms with Crippen LogP contribution in [0.15, 0.2) is 70.2 Å². The van der Waals surface area contributed by atoms with Gasteiger partial charge in [0.05, 0.1) is 10.9 Å². The molecule has 118 valence electrons. The molecule has 0 spiro atoms. The minimum Gasteiger partial charge on any atom is -0.272 e. The first kappa shape index (κ1) is 14.8. The number of aromatic nitrogens is 4. The van der Waals surface area contributed by atoms with E-state index in [9.17, 15) is 4.79 Å². The molecule has 2 aromatic carbocycles. The molecule has 0 unspecified atom stereocenters. The minimum absolute atomic E-state index is 0.0792. The maximum atomic E-state index is 12.9. The highest BCUT2D eigenvalue weighted by Gasteiger charge is 2.11. The summed E-state index contributed by atoms with van der Waals surface area (Å²) < 4.78 is 4.33. The van der Waals surface area contributed by atoms with Gasteiger partial charge in [-0.2, -0.15) is 0 Å². The van der Waals surface area contributed by atoms with E-state index in [2.05, 4.69) is 26.1 Å². The third-order valence-electron chi connectivity index (χ3n) is 3.86. The Hall–Kier alpha value is -2.73. The van der Waals surface area contributed by atoms with Gasteiger partial charge in [-0.05, 0) is 23.8 Å². The van der Waals surface area contributed by atoms with Crippen LogP contribution in [0.25, 0.3) is 22.8 Å². The molecule has 4 aromatic rings. The summed E-state index contributed by atoms with van der Waals surface area (Å²) in [5, 5.41) is 8.70. The van der Waals surface area contributed by atoms with E-state index in [1.165, 1.54) is 0 Å². The monoisotopic (exact) mass is 380 g/mol. The van der Waals surface area contributed by atoms with E-state index in [1.54, 1.807) is 10.9 Å². The lowest BCUT2D eigenvalue weighted by molar-refractivity contribution is 0.787. The maximum Gasteiger partial charge on any atom is 0.263 e. The number of hydrogen-bond acceptors (Lipinski definition) is 3. The molecule has 0 radical (unpaired) electrons. The van der Waals surface area contributed by atoms with Crippen LogP contribution in [0.3, 0.4) is 0 Å². The smallest absolute Gasteiger partial charge is 0.263 e. The molecular weight excluding hydrogens is 368 g/mol. The first-order valence-corrected chi connectivity index (χ1v) is 8.27. The molecule has 0 N–H and O–H groups in total. The lowest BCUT2D eigenvalue weighted by atomic mass is 10.2. The van der Waals surface area contributed by atoms with Gasteiger partial charge in [0.2, 0.25) is 5.78 Å². The van der Waals surface area contributed by atoms with Crippen LogP contribution in [-0.2, 0) is 6.54 Å². The molecule has 0 saturated heterocycles. The van der Waals surface area contributed by atoms with E-state index in [4.69, 9.17) is 0 Å². The lowest BCUT2D eigenvalue weighted by Gasteiger charge is -2.08. The number of benzene rings is 2. The van der Waals surface area contributed by atoms with Crippen LogP contribution >= 0.6 is 15.9 Å². The predicted molar refractivity (Wildman–Crippen MR) is 97.9 cm³/mol. The quantitative estimate of drug-likeness (QED) is 0.546. The Morgan fingerprint density at radius 2 is 1.96 bits per heavy atom. The largest absolute Gasteiger partial charge is 0.272 e. The van der Waals surface area contributed by atoms with Gasteiger partial charge >= 0.3 is 0 Å². The van der Waals surface area contributed by atoms with Crippen molar-refractivity contribution in [2.24, 2.45) is 0 Å². The Balaban J connectivity index is 1.84. The second-order valence-corrected chi connectivity index (χ2v) is 6.31. The third kappa shape index (κ3) is 2.55. The van der Waals surface area contributed by atoms with Crippen LogP contribution in [0.1, 0.15) is 5.56 Å². The summed E-state index contributed by atoms with van der Waals surface area (Å²) in [4.78, 5) is 12.9. The van der Waals surface area contributed by atoms with Gasteiger partial charge in [-0.15, -0.1) is 10.2 Å². The molecule has 2 aromatic heterocycles. The molecule has 24 heavy (non-hydrogen) atoms. The highest BCUT2D eigenvalue weighted by atomic mass is 79.9. The summed E-state index contributed by atoms with van der Waals surface area (Å²) >= 11 is 3.43. The molecule has 0 saturated carbocycles. The van der Waals surface area contributed by atoms with E-state index >= 15 is 0 Å². The molecular formula is C18H13BrN4O. The van der Waals surface area contributed by atoms with Crippen molar-refractivity contribution in [3.8, 4) is 0 Å². The van der Waals surface area contributed by atoms with Crippen molar-refractivity contribution in [2.75, 3.05) is 0 Å². The van der Waals surface area contributed by atoms with Gasteiger partial charge in [-0.3, -0.25) is 13.8 Å². The van der Waals surface area contributed by atoms with Gasteiger partial charge in [0, 0.05) is 11.0 Å². The zero-order chi connectivity index (χ0) is 16.5. The number of rotatable bonds is 3. The molecule has 0 aliphatic heterocycles. The Labute approximate surface area is 146 Å². The molecule has 6 heteroatoms. The van der Waals surface area contributed by atoms with Crippen molar-refractivity contribution in [1.82, 2.24) is 19.2 Å². The zero-order valence-electron chi connectivity index (χ0n) is 12.6. The number of fused-ring (bicyclic) bond motifs is 3. The molecule has 4 rings (SSSR count). The normalized spacial score (nSPS) is 11.7. The van der Waals surface area contributed by atoms with E-state index in [0.717, 1.165) is 15.6 Å². The molecule has 5 nitrogen and oxygen atoms in total. The lowest BCUT2D eigenvalue weighted by Crippen LogP contribution is -2.22. The van der Waals surface area contributed by atoms with Crippen LogP contribution in [0.5, 0.6) is 0 Å². The molecule has 0 aliphatic rings. The third-order valence-corrected chi connectivity index (χ3v) is 4.36. The van der Waals surface area contributed by atoms with E-state index in [0.29, 0.717) is 17.7 Å². The maximum absolute atomic E-state index is 12.9. The fraction of sp³-hybridized carbons (Fsp3) is 0.0556. The van der Waals surface area contributed by atoms with E-state index < -0.39 is 0 Å². The molecule has 0 bridgehead atoms. The summed E-state index contributed by atoms with van der Waals surface area (Å²) in [7, 11) is 0. The van der Waals surface area contributed by atoms with Crippen molar-refractivity contribution < 1.29 is 0 Å². The van der Waals surface area contributed by atoms with Gasteiger partial charge in [0.25, 0.3) is 5.56 Å². The van der Waals surface area contributed by atoms with Crippen molar-refractivity contribution in [2.45, 2.75) is 6.54 Å². The highest BCUT2D eigenvalue weighted by Crippen LogP contribution is 2.18. The average molecular weight is 381 g/mol. The topological polar surface area (TPSA) is 52.2 Å². The first-order chi connectivity index (χ1) is 11.7. The standard InChI is InChI=1S/C18H13BrN4O/c19-14-8-9-16-15(11-14)17(24)22(18-21-20-12-23(16)18)10-4-7-13-5-2-1-3-6-13/h1-9,11-12H,10H2. The van der Waals surface area contributed by atoms with Crippen LogP contribution in [0, 0.1) is 0 Å². The second-order valence-electron chi connectivity index (χ2n) is 5.39. The van der Waals surface area contributed by atoms with Crippen molar-refractivity contribution >= 4 is 38.7 Å². The van der Waals surface area contributed by atoms with Gasteiger partial charge < -0.3 is 0 Å². The van der Waals surface area contributed by atoms with E-state index in [-0.39, 0.29) is 5.56 Å². The summed E-state index contributed by atoms with van der Waals surface area (Å²) in [5.74, 6) is 0.535. The van der Waals surface area contributed by atoms with Gasteiger partial charge in [0.1, 0.15) is 6.33 Å². The summed E-state index contributed by atoms with van der Waals surface area (Å²) in [5.41, 5.74) is 1.81.